The van der Waals surface area contributed by atoms with E-state index in [0.29, 0.717) is 10.9 Å². The summed E-state index contributed by atoms with van der Waals surface area (Å²) in [5.74, 6) is -0.284. The minimum atomic E-state index is -0.453. The Morgan fingerprint density at radius 2 is 2.35 bits per heavy atom. The summed E-state index contributed by atoms with van der Waals surface area (Å²) in [5, 5.41) is 0.459. The van der Waals surface area contributed by atoms with Crippen molar-refractivity contribution in [2.45, 2.75) is 24.5 Å². The lowest BCUT2D eigenvalue weighted by Gasteiger charge is -2.10. The number of aromatic nitrogens is 2. The number of rotatable bonds is 5. The van der Waals surface area contributed by atoms with Gasteiger partial charge in [0.2, 0.25) is 0 Å². The number of nitrogens with zero attached hydrogens (tertiary/aromatic N) is 2. The van der Waals surface area contributed by atoms with Crippen LogP contribution in [-0.4, -0.2) is 28.4 Å². The van der Waals surface area contributed by atoms with Crippen molar-refractivity contribution in [2.75, 3.05) is 12.9 Å². The van der Waals surface area contributed by atoms with Crippen LogP contribution in [0.5, 0.6) is 0 Å². The summed E-state index contributed by atoms with van der Waals surface area (Å²) in [6.45, 7) is 1.87. The fraction of sp³-hybridized carbons (Fsp3) is 0.500. The number of carbonyl (C=O) groups is 1. The summed E-state index contributed by atoms with van der Waals surface area (Å²) < 4.78 is 6.07. The molecule has 7 heteroatoms. The molecule has 5 nitrogen and oxygen atoms in total. The number of carbonyl (C=O) groups excluding carboxylic acids is 1. The first-order valence-corrected chi connectivity index (χ1v) is 6.74. The van der Waals surface area contributed by atoms with Crippen molar-refractivity contribution < 1.29 is 9.53 Å². The summed E-state index contributed by atoms with van der Waals surface area (Å²) in [4.78, 5) is 27.3. The van der Waals surface area contributed by atoms with Crippen molar-refractivity contribution in [1.29, 1.82) is 0 Å². The number of alkyl halides is 1. The van der Waals surface area contributed by atoms with Crippen LogP contribution in [0.3, 0.4) is 0 Å². The highest BCUT2D eigenvalue weighted by Crippen LogP contribution is 2.11. The van der Waals surface area contributed by atoms with Crippen molar-refractivity contribution >= 4 is 29.3 Å². The van der Waals surface area contributed by atoms with Gasteiger partial charge in [0.15, 0.2) is 5.16 Å². The average Bonchev–Trinajstić information content (AvgIpc) is 2.31. The molecule has 0 bridgehead atoms. The highest BCUT2D eigenvalue weighted by molar-refractivity contribution is 7.98. The molecule has 17 heavy (non-hydrogen) atoms. The van der Waals surface area contributed by atoms with E-state index in [1.54, 1.807) is 13.2 Å². The van der Waals surface area contributed by atoms with Crippen molar-refractivity contribution in [2.24, 2.45) is 0 Å². The van der Waals surface area contributed by atoms with Crippen molar-refractivity contribution in [1.82, 2.24) is 9.55 Å². The third-order valence-electron chi connectivity index (χ3n) is 1.94. The molecule has 0 saturated carbocycles. The number of ether oxygens (including phenoxy) is 1. The molecule has 0 saturated heterocycles. The highest BCUT2D eigenvalue weighted by atomic mass is 35.5. The molecule has 1 aromatic heterocycles. The summed E-state index contributed by atoms with van der Waals surface area (Å²) in [5.41, 5.74) is 0.203. The molecule has 0 N–H and O–H groups in total. The summed E-state index contributed by atoms with van der Waals surface area (Å²) in [6, 6.07) is 1.33. The van der Waals surface area contributed by atoms with Crippen LogP contribution in [0.4, 0.5) is 0 Å². The van der Waals surface area contributed by atoms with Gasteiger partial charge >= 0.3 is 5.97 Å². The van der Waals surface area contributed by atoms with Gasteiger partial charge in [-0.1, -0.05) is 11.8 Å². The van der Waals surface area contributed by atoms with E-state index >= 15 is 0 Å². The minimum Gasteiger partial charge on any atom is -0.465 e. The SMILES string of the molecule is CCOC(=O)Cn1c(SC)nc(CCl)cc1=O. The van der Waals surface area contributed by atoms with E-state index < -0.39 is 5.97 Å². The van der Waals surface area contributed by atoms with E-state index in [4.69, 9.17) is 16.3 Å². The Bertz CT molecular complexity index is 461. The van der Waals surface area contributed by atoms with Gasteiger partial charge in [-0.2, -0.15) is 0 Å². The topological polar surface area (TPSA) is 61.2 Å². The van der Waals surface area contributed by atoms with Crippen molar-refractivity contribution in [3.05, 3.63) is 22.1 Å². The number of hydrogen-bond donors (Lipinski definition) is 0. The molecule has 0 spiro atoms. The standard InChI is InChI=1S/C10H13ClN2O3S/c1-3-16-9(15)6-13-8(14)4-7(5-11)12-10(13)17-2/h4H,3,5-6H2,1-2H3. The molecule has 0 aliphatic carbocycles. The van der Waals surface area contributed by atoms with Gasteiger partial charge in [0.1, 0.15) is 6.54 Å². The van der Waals surface area contributed by atoms with E-state index in [9.17, 15) is 9.59 Å². The number of thioether (sulfide) groups is 1. The number of halogens is 1. The predicted molar refractivity (Wildman–Crippen MR) is 66.5 cm³/mol. The van der Waals surface area contributed by atoms with Crippen LogP contribution in [0, 0.1) is 0 Å². The maximum Gasteiger partial charge on any atom is 0.326 e. The van der Waals surface area contributed by atoms with Crippen molar-refractivity contribution in [3.63, 3.8) is 0 Å². The second-order valence-electron chi connectivity index (χ2n) is 3.10. The molecular weight excluding hydrogens is 264 g/mol. The van der Waals surface area contributed by atoms with Gasteiger partial charge in [-0.15, -0.1) is 11.6 Å². The lowest BCUT2D eigenvalue weighted by molar-refractivity contribution is -0.144. The zero-order valence-corrected chi connectivity index (χ0v) is 11.2. The second kappa shape index (κ2) is 6.66. The number of esters is 1. The van der Waals surface area contributed by atoms with Gasteiger partial charge in [-0.3, -0.25) is 14.2 Å². The van der Waals surface area contributed by atoms with E-state index in [0.717, 1.165) is 0 Å². The predicted octanol–water partition coefficient (Wildman–Crippen LogP) is 1.27. The van der Waals surface area contributed by atoms with E-state index in [1.165, 1.54) is 22.4 Å². The first-order chi connectivity index (χ1) is 8.12. The Labute approximate surface area is 108 Å². The van der Waals surface area contributed by atoms with Gasteiger partial charge in [0, 0.05) is 6.07 Å². The zero-order valence-electron chi connectivity index (χ0n) is 9.60. The highest BCUT2D eigenvalue weighted by Gasteiger charge is 2.11. The van der Waals surface area contributed by atoms with E-state index in [-0.39, 0.29) is 24.6 Å². The van der Waals surface area contributed by atoms with Crippen LogP contribution in [0.2, 0.25) is 0 Å². The van der Waals surface area contributed by atoms with Crippen molar-refractivity contribution in [3.8, 4) is 0 Å². The largest absolute Gasteiger partial charge is 0.465 e. The van der Waals surface area contributed by atoms with Gasteiger partial charge < -0.3 is 4.74 Å². The molecule has 94 valence electrons. The molecule has 0 radical (unpaired) electrons. The Morgan fingerprint density at radius 3 is 2.88 bits per heavy atom. The molecule has 1 aromatic rings. The summed E-state index contributed by atoms with van der Waals surface area (Å²) >= 11 is 6.91. The van der Waals surface area contributed by atoms with E-state index in [2.05, 4.69) is 4.98 Å². The molecule has 0 aliphatic heterocycles. The second-order valence-corrected chi connectivity index (χ2v) is 4.14. The van der Waals surface area contributed by atoms with Gasteiger partial charge in [0.05, 0.1) is 18.2 Å². The zero-order chi connectivity index (χ0) is 12.8. The monoisotopic (exact) mass is 276 g/mol. The summed E-state index contributed by atoms with van der Waals surface area (Å²) in [6.07, 6.45) is 1.78. The Balaban J connectivity index is 3.06. The molecule has 1 heterocycles. The molecule has 1 rings (SSSR count). The smallest absolute Gasteiger partial charge is 0.326 e. The van der Waals surface area contributed by atoms with Crippen LogP contribution in [0.25, 0.3) is 0 Å². The van der Waals surface area contributed by atoms with Gasteiger partial charge in [0.25, 0.3) is 5.56 Å². The Kier molecular flexibility index (Phi) is 5.50. The fourth-order valence-electron chi connectivity index (χ4n) is 1.24. The van der Waals surface area contributed by atoms with Gasteiger partial charge in [-0.05, 0) is 13.2 Å². The first kappa shape index (κ1) is 14.1. The quantitative estimate of drug-likeness (QED) is 0.351. The summed E-state index contributed by atoms with van der Waals surface area (Å²) in [7, 11) is 0. The Morgan fingerprint density at radius 1 is 1.65 bits per heavy atom. The molecular formula is C10H13ClN2O3S. The van der Waals surface area contributed by atoms with Gasteiger partial charge in [-0.25, -0.2) is 4.98 Å². The third-order valence-corrected chi connectivity index (χ3v) is 2.89. The maximum absolute atomic E-state index is 11.8. The molecule has 0 amide bonds. The fourth-order valence-corrected chi connectivity index (χ4v) is 1.96. The molecule has 0 aromatic carbocycles. The van der Waals surface area contributed by atoms with Crippen LogP contribution in [0.1, 0.15) is 12.6 Å². The average molecular weight is 277 g/mol. The lowest BCUT2D eigenvalue weighted by atomic mass is 10.4. The van der Waals surface area contributed by atoms with Crippen LogP contribution < -0.4 is 5.56 Å². The van der Waals surface area contributed by atoms with Crippen LogP contribution in [0.15, 0.2) is 16.0 Å². The minimum absolute atomic E-state index is 0.127. The Hall–Kier alpha value is -1.01. The molecule has 0 atom stereocenters. The number of hydrogen-bond acceptors (Lipinski definition) is 5. The lowest BCUT2D eigenvalue weighted by Crippen LogP contribution is -2.27. The molecule has 0 fully saturated rings. The van der Waals surface area contributed by atoms with Crippen LogP contribution >= 0.6 is 23.4 Å². The first-order valence-electron chi connectivity index (χ1n) is 4.98. The molecule has 0 aliphatic rings. The normalized spacial score (nSPS) is 10.3. The van der Waals surface area contributed by atoms with Crippen LogP contribution in [-0.2, 0) is 22.0 Å². The third kappa shape index (κ3) is 3.74. The maximum atomic E-state index is 11.8. The molecule has 0 unspecified atom stereocenters. The van der Waals surface area contributed by atoms with E-state index in [1.807, 2.05) is 0 Å².